The van der Waals surface area contributed by atoms with Gasteiger partial charge in [0.25, 0.3) is 0 Å². The summed E-state index contributed by atoms with van der Waals surface area (Å²) in [6, 6.07) is 2.30. The van der Waals surface area contributed by atoms with Gasteiger partial charge >= 0.3 is 0 Å². The number of aliphatic hydroxyl groups excluding tert-OH is 1. The van der Waals surface area contributed by atoms with Gasteiger partial charge in [0.05, 0.1) is 13.2 Å². The number of unbranched alkanes of at least 4 members (excludes halogenated alkanes) is 3. The maximum atomic E-state index is 13.3. The van der Waals surface area contributed by atoms with Crippen LogP contribution < -0.4 is 4.74 Å². The minimum Gasteiger partial charge on any atom is -0.490 e. The zero-order chi connectivity index (χ0) is 12.7. The van der Waals surface area contributed by atoms with Crippen LogP contribution in [-0.4, -0.2) is 11.7 Å². The molecule has 0 spiro atoms. The second-order valence-electron chi connectivity index (χ2n) is 3.96. The third kappa shape index (κ3) is 4.30. The Morgan fingerprint density at radius 2 is 1.94 bits per heavy atom. The molecule has 0 atom stereocenters. The molecule has 1 rings (SSSR count). The molecule has 0 unspecified atom stereocenters. The van der Waals surface area contributed by atoms with Gasteiger partial charge in [0.15, 0.2) is 11.6 Å². The summed E-state index contributed by atoms with van der Waals surface area (Å²) in [4.78, 5) is 0. The van der Waals surface area contributed by atoms with Crippen LogP contribution in [0.15, 0.2) is 12.1 Å². The lowest BCUT2D eigenvalue weighted by Crippen LogP contribution is -2.02. The highest BCUT2D eigenvalue weighted by Crippen LogP contribution is 2.22. The lowest BCUT2D eigenvalue weighted by Gasteiger charge is -2.09. The second-order valence-corrected chi connectivity index (χ2v) is 3.96. The van der Waals surface area contributed by atoms with Crippen LogP contribution in [0.1, 0.15) is 38.2 Å². The van der Waals surface area contributed by atoms with Gasteiger partial charge in [-0.25, -0.2) is 4.39 Å². The highest BCUT2D eigenvalue weighted by atomic mass is 19.2. The minimum atomic E-state index is -0.988. The number of rotatable bonds is 7. The van der Waals surface area contributed by atoms with Crippen LogP contribution in [0.3, 0.4) is 0 Å². The molecule has 2 nitrogen and oxygen atoms in total. The van der Waals surface area contributed by atoms with Crippen molar-refractivity contribution in [3.05, 3.63) is 29.3 Å². The van der Waals surface area contributed by atoms with Crippen LogP contribution in [0.25, 0.3) is 0 Å². The summed E-state index contributed by atoms with van der Waals surface area (Å²) in [5.74, 6) is -2.09. The molecule has 17 heavy (non-hydrogen) atoms. The molecule has 0 aliphatic heterocycles. The van der Waals surface area contributed by atoms with E-state index < -0.39 is 11.6 Å². The summed E-state index contributed by atoms with van der Waals surface area (Å²) < 4.78 is 31.6. The van der Waals surface area contributed by atoms with E-state index in [9.17, 15) is 8.78 Å². The fourth-order valence-corrected chi connectivity index (χ4v) is 1.52. The lowest BCUT2D eigenvalue weighted by atomic mass is 10.2. The second kappa shape index (κ2) is 7.22. The van der Waals surface area contributed by atoms with Crippen LogP contribution in [0.5, 0.6) is 5.75 Å². The van der Waals surface area contributed by atoms with Crippen molar-refractivity contribution < 1.29 is 18.6 Å². The van der Waals surface area contributed by atoms with Gasteiger partial charge in [0.2, 0.25) is 5.82 Å². The molecule has 1 aromatic carbocycles. The molecule has 0 radical (unpaired) electrons. The molecule has 1 N–H and O–H groups in total. The Morgan fingerprint density at radius 3 is 2.59 bits per heavy atom. The Hall–Kier alpha value is -1.16. The zero-order valence-corrected chi connectivity index (χ0v) is 10.0. The standard InChI is InChI=1S/C13H18F2O2/c1-2-3-4-5-6-17-12-8-10(9-16)7-11(14)13(12)15/h7-8,16H,2-6,9H2,1H3. The Kier molecular flexibility index (Phi) is 5.91. The number of hydrogen-bond acceptors (Lipinski definition) is 2. The third-order valence-electron chi connectivity index (χ3n) is 2.49. The number of ether oxygens (including phenoxy) is 1. The molecular formula is C13H18F2O2. The van der Waals surface area contributed by atoms with Crippen LogP contribution in [0.2, 0.25) is 0 Å². The van der Waals surface area contributed by atoms with Crippen LogP contribution in [0, 0.1) is 11.6 Å². The summed E-state index contributed by atoms with van der Waals surface area (Å²) in [7, 11) is 0. The van der Waals surface area contributed by atoms with Gasteiger partial charge < -0.3 is 9.84 Å². The van der Waals surface area contributed by atoms with E-state index in [2.05, 4.69) is 6.92 Å². The number of aliphatic hydroxyl groups is 1. The number of benzene rings is 1. The summed E-state index contributed by atoms with van der Waals surface area (Å²) in [5, 5.41) is 8.87. The molecular weight excluding hydrogens is 226 g/mol. The van der Waals surface area contributed by atoms with Crippen molar-refractivity contribution >= 4 is 0 Å². The Bertz CT molecular complexity index is 354. The van der Waals surface area contributed by atoms with Crippen molar-refractivity contribution in [3.63, 3.8) is 0 Å². The molecule has 0 saturated carbocycles. The van der Waals surface area contributed by atoms with Gasteiger partial charge in [0, 0.05) is 0 Å². The predicted molar refractivity (Wildman–Crippen MR) is 61.9 cm³/mol. The zero-order valence-electron chi connectivity index (χ0n) is 10.0. The quantitative estimate of drug-likeness (QED) is 0.745. The average molecular weight is 244 g/mol. The van der Waals surface area contributed by atoms with Crippen LogP contribution in [-0.2, 0) is 6.61 Å². The van der Waals surface area contributed by atoms with Gasteiger partial charge in [-0.05, 0) is 24.1 Å². The SMILES string of the molecule is CCCCCCOc1cc(CO)cc(F)c1F. The summed E-state index contributed by atoms with van der Waals surface area (Å²) in [5.41, 5.74) is 0.312. The van der Waals surface area contributed by atoms with Crippen LogP contribution in [0.4, 0.5) is 8.78 Å². The molecule has 0 amide bonds. The Balaban J connectivity index is 2.54. The first-order chi connectivity index (χ1) is 8.19. The molecule has 0 heterocycles. The van der Waals surface area contributed by atoms with E-state index in [0.717, 1.165) is 31.7 Å². The molecule has 0 aliphatic carbocycles. The van der Waals surface area contributed by atoms with Crippen LogP contribution >= 0.6 is 0 Å². The fraction of sp³-hybridized carbons (Fsp3) is 0.538. The van der Waals surface area contributed by atoms with Crippen molar-refractivity contribution in [2.24, 2.45) is 0 Å². The van der Waals surface area contributed by atoms with Gasteiger partial charge in [-0.1, -0.05) is 26.2 Å². The van der Waals surface area contributed by atoms with E-state index in [4.69, 9.17) is 9.84 Å². The normalized spacial score (nSPS) is 10.6. The largest absolute Gasteiger partial charge is 0.490 e. The van der Waals surface area contributed by atoms with E-state index in [1.807, 2.05) is 0 Å². The minimum absolute atomic E-state index is 0.120. The van der Waals surface area contributed by atoms with Gasteiger partial charge in [-0.2, -0.15) is 4.39 Å². The summed E-state index contributed by atoms with van der Waals surface area (Å²) in [6.07, 6.45) is 4.05. The first-order valence-corrected chi connectivity index (χ1v) is 5.90. The molecule has 0 bridgehead atoms. The van der Waals surface area contributed by atoms with Gasteiger partial charge in [0.1, 0.15) is 0 Å². The first-order valence-electron chi connectivity index (χ1n) is 5.90. The number of hydrogen-bond donors (Lipinski definition) is 1. The van der Waals surface area contributed by atoms with Crippen molar-refractivity contribution in [1.82, 2.24) is 0 Å². The Labute approximate surface area is 100 Å². The van der Waals surface area contributed by atoms with Gasteiger partial charge in [-0.3, -0.25) is 0 Å². The maximum absolute atomic E-state index is 13.3. The molecule has 0 aromatic heterocycles. The average Bonchev–Trinajstić information content (AvgIpc) is 2.33. The highest BCUT2D eigenvalue weighted by molar-refractivity contribution is 5.31. The fourth-order valence-electron chi connectivity index (χ4n) is 1.52. The predicted octanol–water partition coefficient (Wildman–Crippen LogP) is 3.42. The van der Waals surface area contributed by atoms with E-state index in [1.165, 1.54) is 6.07 Å². The maximum Gasteiger partial charge on any atom is 0.200 e. The van der Waals surface area contributed by atoms with Crippen molar-refractivity contribution in [1.29, 1.82) is 0 Å². The van der Waals surface area contributed by atoms with E-state index in [0.29, 0.717) is 12.2 Å². The lowest BCUT2D eigenvalue weighted by molar-refractivity contribution is 0.270. The van der Waals surface area contributed by atoms with Crippen molar-refractivity contribution in [2.45, 2.75) is 39.2 Å². The van der Waals surface area contributed by atoms with Crippen molar-refractivity contribution in [2.75, 3.05) is 6.61 Å². The van der Waals surface area contributed by atoms with E-state index in [-0.39, 0.29) is 12.4 Å². The molecule has 0 saturated heterocycles. The van der Waals surface area contributed by atoms with Crippen molar-refractivity contribution in [3.8, 4) is 5.75 Å². The summed E-state index contributed by atoms with van der Waals surface area (Å²) in [6.45, 7) is 2.13. The third-order valence-corrected chi connectivity index (χ3v) is 2.49. The monoisotopic (exact) mass is 244 g/mol. The molecule has 1 aromatic rings. The molecule has 0 fully saturated rings. The van der Waals surface area contributed by atoms with E-state index in [1.54, 1.807) is 0 Å². The topological polar surface area (TPSA) is 29.5 Å². The molecule has 4 heteroatoms. The van der Waals surface area contributed by atoms with Gasteiger partial charge in [-0.15, -0.1) is 0 Å². The smallest absolute Gasteiger partial charge is 0.200 e. The highest BCUT2D eigenvalue weighted by Gasteiger charge is 2.11. The first kappa shape index (κ1) is 13.9. The Morgan fingerprint density at radius 1 is 1.18 bits per heavy atom. The van der Waals surface area contributed by atoms with E-state index >= 15 is 0 Å². The summed E-state index contributed by atoms with van der Waals surface area (Å²) >= 11 is 0. The number of halogens is 2. The molecule has 0 aliphatic rings. The molecule has 96 valence electrons.